The van der Waals surface area contributed by atoms with Crippen LogP contribution in [0.4, 0.5) is 5.69 Å². The molecule has 0 aliphatic heterocycles. The standard InChI is InChI=1S/C14H17ClN2O2S/c1-2-17(7-4-8-18)14(19)13-12(16)11-9(15)5-3-6-10(11)20-13/h3,5-6,18H,2,4,7-8,16H2,1H3. The van der Waals surface area contributed by atoms with E-state index in [9.17, 15) is 4.79 Å². The molecule has 0 saturated carbocycles. The number of fused-ring (bicyclic) bond motifs is 1. The summed E-state index contributed by atoms with van der Waals surface area (Å²) in [5.41, 5.74) is 6.54. The second-order valence-corrected chi connectivity index (χ2v) is 5.88. The molecule has 1 aromatic carbocycles. The summed E-state index contributed by atoms with van der Waals surface area (Å²) in [6, 6.07) is 5.52. The number of thiophene rings is 1. The maximum absolute atomic E-state index is 12.5. The van der Waals surface area contributed by atoms with Crippen LogP contribution >= 0.6 is 22.9 Å². The molecule has 1 heterocycles. The predicted octanol–water partition coefficient (Wildman–Crippen LogP) is 2.98. The molecule has 20 heavy (non-hydrogen) atoms. The predicted molar refractivity (Wildman–Crippen MR) is 84.5 cm³/mol. The largest absolute Gasteiger partial charge is 0.397 e. The van der Waals surface area contributed by atoms with E-state index in [1.54, 1.807) is 11.0 Å². The van der Waals surface area contributed by atoms with Crippen LogP contribution < -0.4 is 5.73 Å². The SMILES string of the molecule is CCN(CCCO)C(=O)c1sc2cccc(Cl)c2c1N. The third kappa shape index (κ3) is 2.75. The van der Waals surface area contributed by atoms with Crippen LogP contribution in [0.2, 0.25) is 5.02 Å². The van der Waals surface area contributed by atoms with Gasteiger partial charge in [0.1, 0.15) is 4.88 Å². The van der Waals surface area contributed by atoms with Crippen molar-refractivity contribution in [3.05, 3.63) is 28.1 Å². The molecule has 0 atom stereocenters. The zero-order valence-corrected chi connectivity index (χ0v) is 12.8. The second kappa shape index (κ2) is 6.43. The highest BCUT2D eigenvalue weighted by Crippen LogP contribution is 2.38. The van der Waals surface area contributed by atoms with Crippen molar-refractivity contribution in [3.8, 4) is 0 Å². The van der Waals surface area contributed by atoms with Gasteiger partial charge in [0.05, 0.1) is 10.7 Å². The number of carbonyl (C=O) groups is 1. The van der Waals surface area contributed by atoms with Crippen LogP contribution in [0.15, 0.2) is 18.2 Å². The first-order chi connectivity index (χ1) is 9.60. The van der Waals surface area contributed by atoms with Crippen LogP contribution in [0.25, 0.3) is 10.1 Å². The lowest BCUT2D eigenvalue weighted by molar-refractivity contribution is 0.0760. The first kappa shape index (κ1) is 15.1. The molecule has 3 N–H and O–H groups in total. The van der Waals surface area contributed by atoms with Gasteiger partial charge in [-0.05, 0) is 25.5 Å². The van der Waals surface area contributed by atoms with Crippen molar-refractivity contribution in [3.63, 3.8) is 0 Å². The van der Waals surface area contributed by atoms with Gasteiger partial charge in [-0.2, -0.15) is 0 Å². The van der Waals surface area contributed by atoms with Crippen molar-refractivity contribution in [2.45, 2.75) is 13.3 Å². The van der Waals surface area contributed by atoms with E-state index >= 15 is 0 Å². The topological polar surface area (TPSA) is 66.6 Å². The van der Waals surface area contributed by atoms with E-state index in [-0.39, 0.29) is 12.5 Å². The van der Waals surface area contributed by atoms with Gasteiger partial charge >= 0.3 is 0 Å². The number of rotatable bonds is 5. The maximum atomic E-state index is 12.5. The van der Waals surface area contributed by atoms with Crippen LogP contribution in [0.5, 0.6) is 0 Å². The van der Waals surface area contributed by atoms with E-state index in [1.807, 2.05) is 19.1 Å². The third-order valence-corrected chi connectivity index (χ3v) is 4.62. The molecule has 0 aliphatic rings. The minimum Gasteiger partial charge on any atom is -0.397 e. The Bertz CT molecular complexity index is 627. The lowest BCUT2D eigenvalue weighted by Crippen LogP contribution is -2.32. The highest BCUT2D eigenvalue weighted by molar-refractivity contribution is 7.21. The van der Waals surface area contributed by atoms with E-state index in [1.165, 1.54) is 11.3 Å². The van der Waals surface area contributed by atoms with Gasteiger partial charge in [-0.15, -0.1) is 11.3 Å². The Kier molecular flexibility index (Phi) is 4.86. The normalized spacial score (nSPS) is 10.9. The lowest BCUT2D eigenvalue weighted by Gasteiger charge is -2.19. The summed E-state index contributed by atoms with van der Waals surface area (Å²) >= 11 is 7.51. The number of aliphatic hydroxyl groups excluding tert-OH is 1. The minimum absolute atomic E-state index is 0.0670. The molecule has 2 aromatic rings. The number of hydrogen-bond acceptors (Lipinski definition) is 4. The highest BCUT2D eigenvalue weighted by Gasteiger charge is 2.21. The molecule has 108 valence electrons. The molecule has 0 radical (unpaired) electrons. The van der Waals surface area contributed by atoms with E-state index in [2.05, 4.69) is 0 Å². The molecule has 0 bridgehead atoms. The Labute approximate surface area is 126 Å². The van der Waals surface area contributed by atoms with E-state index < -0.39 is 0 Å². The summed E-state index contributed by atoms with van der Waals surface area (Å²) in [7, 11) is 0. The van der Waals surface area contributed by atoms with Crippen molar-refractivity contribution in [1.29, 1.82) is 0 Å². The van der Waals surface area contributed by atoms with Crippen LogP contribution in [0.1, 0.15) is 23.0 Å². The van der Waals surface area contributed by atoms with E-state index in [0.29, 0.717) is 35.1 Å². The molecule has 0 spiro atoms. The Balaban J connectivity index is 2.39. The van der Waals surface area contributed by atoms with Crippen LogP contribution in [0.3, 0.4) is 0 Å². The molecule has 0 saturated heterocycles. The molecule has 4 nitrogen and oxygen atoms in total. The first-order valence-electron chi connectivity index (χ1n) is 6.46. The number of nitrogen functional groups attached to an aromatic ring is 1. The monoisotopic (exact) mass is 312 g/mol. The number of aliphatic hydroxyl groups is 1. The molecule has 0 unspecified atom stereocenters. The number of amides is 1. The summed E-state index contributed by atoms with van der Waals surface area (Å²) in [6.07, 6.45) is 0.561. The number of benzene rings is 1. The average Bonchev–Trinajstić information content (AvgIpc) is 2.78. The van der Waals surface area contributed by atoms with Crippen molar-refractivity contribution >= 4 is 44.6 Å². The maximum Gasteiger partial charge on any atom is 0.266 e. The lowest BCUT2D eigenvalue weighted by atomic mass is 10.2. The number of carbonyl (C=O) groups excluding carboxylic acids is 1. The van der Waals surface area contributed by atoms with Gasteiger partial charge in [-0.25, -0.2) is 0 Å². The van der Waals surface area contributed by atoms with Crippen molar-refractivity contribution in [2.75, 3.05) is 25.4 Å². The fourth-order valence-corrected chi connectivity index (χ4v) is 3.55. The third-order valence-electron chi connectivity index (χ3n) is 3.15. The van der Waals surface area contributed by atoms with Gasteiger partial charge in [0.25, 0.3) is 5.91 Å². The summed E-state index contributed by atoms with van der Waals surface area (Å²) in [5.74, 6) is -0.101. The first-order valence-corrected chi connectivity index (χ1v) is 7.66. The van der Waals surface area contributed by atoms with Gasteiger partial charge in [0, 0.05) is 29.8 Å². The number of nitrogens with two attached hydrogens (primary N) is 1. The summed E-state index contributed by atoms with van der Waals surface area (Å²) in [5, 5.41) is 10.2. The van der Waals surface area contributed by atoms with Crippen molar-refractivity contribution in [2.24, 2.45) is 0 Å². The van der Waals surface area contributed by atoms with Crippen LogP contribution in [0, 0.1) is 0 Å². The summed E-state index contributed by atoms with van der Waals surface area (Å²) in [6.45, 7) is 3.08. The zero-order chi connectivity index (χ0) is 14.7. The van der Waals surface area contributed by atoms with Gasteiger partial charge in [0.15, 0.2) is 0 Å². The molecule has 2 rings (SSSR count). The van der Waals surface area contributed by atoms with Crippen molar-refractivity contribution in [1.82, 2.24) is 4.90 Å². The fraction of sp³-hybridized carbons (Fsp3) is 0.357. The van der Waals surface area contributed by atoms with Gasteiger partial charge < -0.3 is 15.7 Å². The smallest absolute Gasteiger partial charge is 0.266 e. The average molecular weight is 313 g/mol. The second-order valence-electron chi connectivity index (χ2n) is 4.42. The summed E-state index contributed by atoms with van der Waals surface area (Å²) < 4.78 is 0.913. The van der Waals surface area contributed by atoms with Crippen molar-refractivity contribution < 1.29 is 9.90 Å². The number of anilines is 1. The van der Waals surface area contributed by atoms with Gasteiger partial charge in [-0.1, -0.05) is 17.7 Å². The van der Waals surface area contributed by atoms with E-state index in [4.69, 9.17) is 22.4 Å². The molecule has 0 fully saturated rings. The quantitative estimate of drug-likeness (QED) is 0.892. The number of hydrogen-bond donors (Lipinski definition) is 2. The molecule has 0 aliphatic carbocycles. The molecule has 6 heteroatoms. The molecular formula is C14H17ClN2O2S. The van der Waals surface area contributed by atoms with Crippen LogP contribution in [-0.4, -0.2) is 35.6 Å². The van der Waals surface area contributed by atoms with E-state index in [0.717, 1.165) is 10.1 Å². The van der Waals surface area contributed by atoms with Crippen LogP contribution in [-0.2, 0) is 0 Å². The number of nitrogens with zero attached hydrogens (tertiary/aromatic N) is 1. The van der Waals surface area contributed by atoms with Gasteiger partial charge in [-0.3, -0.25) is 4.79 Å². The molecule has 1 aromatic heterocycles. The Morgan fingerprint density at radius 3 is 2.85 bits per heavy atom. The Morgan fingerprint density at radius 1 is 1.50 bits per heavy atom. The Morgan fingerprint density at radius 2 is 2.25 bits per heavy atom. The number of halogens is 1. The fourth-order valence-electron chi connectivity index (χ4n) is 2.10. The zero-order valence-electron chi connectivity index (χ0n) is 11.2. The minimum atomic E-state index is -0.101. The highest BCUT2D eigenvalue weighted by atomic mass is 35.5. The molecule has 1 amide bonds. The molecular weight excluding hydrogens is 296 g/mol. The van der Waals surface area contributed by atoms with Gasteiger partial charge in [0.2, 0.25) is 0 Å². The summed E-state index contributed by atoms with van der Waals surface area (Å²) in [4.78, 5) is 14.7. The Hall–Kier alpha value is -1.30.